The van der Waals surface area contributed by atoms with Gasteiger partial charge in [-0.2, -0.15) is 0 Å². The standard InChI is InChI=1S/C17H16N4S/c18-17(19)20-9-12-2-1-3-15(8-12)13-4-6-14(7-5-13)16-10-22-11-21-16/h1-8,10-11H,9H2,(H4,18,19,20). The van der Waals surface area contributed by atoms with Gasteiger partial charge in [0.05, 0.1) is 11.2 Å². The lowest BCUT2D eigenvalue weighted by atomic mass is 10.0. The molecule has 0 spiro atoms. The predicted molar refractivity (Wildman–Crippen MR) is 91.7 cm³/mol. The maximum Gasteiger partial charge on any atom is 0.185 e. The van der Waals surface area contributed by atoms with Gasteiger partial charge in [0.2, 0.25) is 0 Å². The van der Waals surface area contributed by atoms with Crippen LogP contribution < -0.4 is 11.1 Å². The van der Waals surface area contributed by atoms with Gasteiger partial charge < -0.3 is 11.1 Å². The van der Waals surface area contributed by atoms with Crippen molar-refractivity contribution in [1.82, 2.24) is 10.3 Å². The average molecular weight is 308 g/mol. The van der Waals surface area contributed by atoms with E-state index in [0.717, 1.165) is 27.9 Å². The molecule has 0 radical (unpaired) electrons. The van der Waals surface area contributed by atoms with E-state index >= 15 is 0 Å². The lowest BCUT2D eigenvalue weighted by molar-refractivity contribution is 0.897. The molecule has 22 heavy (non-hydrogen) atoms. The zero-order chi connectivity index (χ0) is 15.4. The zero-order valence-electron chi connectivity index (χ0n) is 11.9. The van der Waals surface area contributed by atoms with Gasteiger partial charge in [-0.15, -0.1) is 11.3 Å². The highest BCUT2D eigenvalue weighted by Gasteiger charge is 2.03. The molecule has 2 aromatic carbocycles. The Hall–Kier alpha value is -2.66. The van der Waals surface area contributed by atoms with E-state index in [1.54, 1.807) is 11.3 Å². The first-order valence-electron chi connectivity index (χ1n) is 6.88. The fraction of sp³-hybridized carbons (Fsp3) is 0.0588. The number of nitrogens with two attached hydrogens (primary N) is 1. The Bertz CT molecular complexity index is 764. The molecule has 0 bridgehead atoms. The normalized spacial score (nSPS) is 10.4. The molecule has 1 aromatic heterocycles. The van der Waals surface area contributed by atoms with E-state index < -0.39 is 0 Å². The molecule has 110 valence electrons. The number of hydrogen-bond donors (Lipinski definition) is 3. The van der Waals surface area contributed by atoms with Crippen molar-refractivity contribution in [3.63, 3.8) is 0 Å². The van der Waals surface area contributed by atoms with Gasteiger partial charge in [0.1, 0.15) is 0 Å². The Morgan fingerprint density at radius 2 is 1.86 bits per heavy atom. The summed E-state index contributed by atoms with van der Waals surface area (Å²) in [5.41, 5.74) is 12.7. The molecular formula is C17H16N4S. The van der Waals surface area contributed by atoms with Crippen LogP contribution in [0.5, 0.6) is 0 Å². The maximum atomic E-state index is 7.22. The third kappa shape index (κ3) is 3.32. The largest absolute Gasteiger partial charge is 0.370 e. The van der Waals surface area contributed by atoms with Crippen molar-refractivity contribution in [2.24, 2.45) is 5.73 Å². The van der Waals surface area contributed by atoms with Gasteiger partial charge in [0.15, 0.2) is 5.96 Å². The van der Waals surface area contributed by atoms with Crippen LogP contribution in [0.4, 0.5) is 0 Å². The molecule has 4 nitrogen and oxygen atoms in total. The third-order valence-electron chi connectivity index (χ3n) is 3.36. The van der Waals surface area contributed by atoms with Gasteiger partial charge in [0, 0.05) is 17.5 Å². The minimum atomic E-state index is -0.0157. The lowest BCUT2D eigenvalue weighted by Gasteiger charge is -2.07. The molecule has 0 atom stereocenters. The summed E-state index contributed by atoms with van der Waals surface area (Å²) in [6, 6.07) is 16.6. The van der Waals surface area contributed by atoms with E-state index in [4.69, 9.17) is 11.1 Å². The number of hydrogen-bond acceptors (Lipinski definition) is 3. The van der Waals surface area contributed by atoms with Crippen molar-refractivity contribution in [2.45, 2.75) is 6.54 Å². The van der Waals surface area contributed by atoms with E-state index in [1.807, 2.05) is 23.0 Å². The lowest BCUT2D eigenvalue weighted by Crippen LogP contribution is -2.29. The molecule has 0 saturated heterocycles. The first-order valence-corrected chi connectivity index (χ1v) is 7.82. The summed E-state index contributed by atoms with van der Waals surface area (Å²) < 4.78 is 0. The van der Waals surface area contributed by atoms with Crippen LogP contribution in [0.25, 0.3) is 22.4 Å². The third-order valence-corrected chi connectivity index (χ3v) is 3.94. The predicted octanol–water partition coefficient (Wildman–Crippen LogP) is 3.46. The molecule has 1 heterocycles. The molecule has 0 aliphatic heterocycles. The minimum absolute atomic E-state index is 0.0157. The van der Waals surface area contributed by atoms with Gasteiger partial charge in [-0.3, -0.25) is 5.41 Å². The molecule has 4 N–H and O–H groups in total. The number of guanidine groups is 1. The van der Waals surface area contributed by atoms with Gasteiger partial charge in [-0.05, 0) is 22.8 Å². The van der Waals surface area contributed by atoms with Crippen molar-refractivity contribution >= 4 is 17.3 Å². The van der Waals surface area contributed by atoms with Gasteiger partial charge in [0.25, 0.3) is 0 Å². The second kappa shape index (κ2) is 6.41. The highest BCUT2D eigenvalue weighted by Crippen LogP contribution is 2.25. The molecule has 0 amide bonds. The molecule has 3 aromatic rings. The second-order valence-electron chi connectivity index (χ2n) is 4.92. The van der Waals surface area contributed by atoms with Crippen LogP contribution >= 0.6 is 11.3 Å². The molecule has 0 aliphatic carbocycles. The molecule has 0 aliphatic rings. The molecule has 0 unspecified atom stereocenters. The Labute approximate surface area is 133 Å². The van der Waals surface area contributed by atoms with Crippen LogP contribution in [0.1, 0.15) is 5.56 Å². The first kappa shape index (κ1) is 14.3. The summed E-state index contributed by atoms with van der Waals surface area (Å²) in [5, 5.41) is 12.1. The monoisotopic (exact) mass is 308 g/mol. The Morgan fingerprint density at radius 1 is 1.09 bits per heavy atom. The summed E-state index contributed by atoms with van der Waals surface area (Å²) in [6.45, 7) is 0.556. The zero-order valence-corrected chi connectivity index (χ0v) is 12.7. The number of aromatic nitrogens is 1. The van der Waals surface area contributed by atoms with Gasteiger partial charge in [-0.1, -0.05) is 42.5 Å². The highest BCUT2D eigenvalue weighted by molar-refractivity contribution is 7.07. The van der Waals surface area contributed by atoms with Crippen LogP contribution in [0.15, 0.2) is 59.4 Å². The SMILES string of the molecule is N=C(N)NCc1cccc(-c2ccc(-c3cscn3)cc2)c1. The van der Waals surface area contributed by atoms with E-state index in [1.165, 1.54) is 0 Å². The highest BCUT2D eigenvalue weighted by atomic mass is 32.1. The summed E-state index contributed by atoms with van der Waals surface area (Å²) in [5.74, 6) is -0.0157. The van der Waals surface area contributed by atoms with E-state index in [2.05, 4.69) is 46.7 Å². The summed E-state index contributed by atoms with van der Waals surface area (Å²) >= 11 is 1.60. The van der Waals surface area contributed by atoms with Gasteiger partial charge in [-0.25, -0.2) is 4.98 Å². The number of rotatable bonds is 4. The van der Waals surface area contributed by atoms with Crippen LogP contribution in [0.3, 0.4) is 0 Å². The van der Waals surface area contributed by atoms with E-state index in [0.29, 0.717) is 6.54 Å². The molecule has 0 saturated carbocycles. The van der Waals surface area contributed by atoms with Crippen LogP contribution in [-0.4, -0.2) is 10.9 Å². The topological polar surface area (TPSA) is 74.8 Å². The van der Waals surface area contributed by atoms with Gasteiger partial charge >= 0.3 is 0 Å². The number of benzene rings is 2. The van der Waals surface area contributed by atoms with Crippen LogP contribution in [0, 0.1) is 5.41 Å². The van der Waals surface area contributed by atoms with Crippen LogP contribution in [0.2, 0.25) is 0 Å². The molecule has 3 rings (SSSR count). The van der Waals surface area contributed by atoms with Crippen molar-refractivity contribution in [3.8, 4) is 22.4 Å². The molecule has 5 heteroatoms. The first-order chi connectivity index (χ1) is 10.7. The Kier molecular flexibility index (Phi) is 4.16. The fourth-order valence-electron chi connectivity index (χ4n) is 2.25. The van der Waals surface area contributed by atoms with Crippen LogP contribution in [-0.2, 0) is 6.54 Å². The number of nitrogens with one attached hydrogen (secondary N) is 2. The average Bonchev–Trinajstić information content (AvgIpc) is 3.08. The quantitative estimate of drug-likeness (QED) is 0.510. The van der Waals surface area contributed by atoms with Crippen molar-refractivity contribution in [2.75, 3.05) is 0 Å². The van der Waals surface area contributed by atoms with Crippen molar-refractivity contribution in [3.05, 3.63) is 65.0 Å². The Morgan fingerprint density at radius 3 is 2.55 bits per heavy atom. The molecule has 0 fully saturated rings. The van der Waals surface area contributed by atoms with Crippen molar-refractivity contribution < 1.29 is 0 Å². The summed E-state index contributed by atoms with van der Waals surface area (Å²) in [4.78, 5) is 4.32. The van der Waals surface area contributed by atoms with E-state index in [-0.39, 0.29) is 5.96 Å². The smallest absolute Gasteiger partial charge is 0.185 e. The summed E-state index contributed by atoms with van der Waals surface area (Å²) in [6.07, 6.45) is 0. The number of thiazole rings is 1. The second-order valence-corrected chi connectivity index (χ2v) is 5.64. The van der Waals surface area contributed by atoms with Crippen molar-refractivity contribution in [1.29, 1.82) is 5.41 Å². The molecular weight excluding hydrogens is 292 g/mol. The Balaban J connectivity index is 1.82. The maximum absolute atomic E-state index is 7.22. The summed E-state index contributed by atoms with van der Waals surface area (Å²) in [7, 11) is 0. The fourth-order valence-corrected chi connectivity index (χ4v) is 2.81. The number of nitrogens with zero attached hydrogens (tertiary/aromatic N) is 1. The minimum Gasteiger partial charge on any atom is -0.370 e. The van der Waals surface area contributed by atoms with E-state index in [9.17, 15) is 0 Å².